The van der Waals surface area contributed by atoms with Crippen molar-refractivity contribution < 1.29 is 19.4 Å². The minimum atomic E-state index is -0.857. The van der Waals surface area contributed by atoms with Crippen molar-refractivity contribution in [2.45, 2.75) is 50.9 Å². The minimum absolute atomic E-state index is 0.00624. The molecule has 2 aliphatic rings. The number of hydrogen-bond acceptors (Lipinski definition) is 7. The highest BCUT2D eigenvalue weighted by Gasteiger charge is 2.22. The molecular weight excluding hydrogens is 422 g/mol. The summed E-state index contributed by atoms with van der Waals surface area (Å²) in [6.45, 7) is 1.17. The normalized spacial score (nSPS) is 15.0. The van der Waals surface area contributed by atoms with E-state index in [0.29, 0.717) is 23.7 Å². The van der Waals surface area contributed by atoms with Crippen LogP contribution in [-0.4, -0.2) is 44.6 Å². The molecule has 0 fully saturated rings. The molecule has 9 heteroatoms. The molecule has 2 aliphatic heterocycles. The standard InChI is InChI=1S/C24H27N5O4/c30-23(31)13-17(16-7-9-19-20(11-16)33-14-32-19)12-22-27-21(28-29-22)5-1-4-18-8-6-15-3-2-10-25-24(15)26-18/h6-9,11,17H,1-5,10,12-14H2,(H,25,26)(H,30,31)(H,27,28,29). The first-order chi connectivity index (χ1) is 16.1. The molecule has 3 aromatic rings. The summed E-state index contributed by atoms with van der Waals surface area (Å²) in [5.41, 5.74) is 3.25. The number of aromatic nitrogens is 4. The molecule has 2 aromatic heterocycles. The summed E-state index contributed by atoms with van der Waals surface area (Å²) in [4.78, 5) is 20.8. The fourth-order valence-electron chi connectivity index (χ4n) is 4.39. The van der Waals surface area contributed by atoms with Gasteiger partial charge in [0.15, 0.2) is 17.3 Å². The minimum Gasteiger partial charge on any atom is -0.481 e. The first kappa shape index (κ1) is 21.2. The number of carbonyl (C=O) groups is 1. The molecular formula is C24H27N5O4. The molecule has 0 amide bonds. The van der Waals surface area contributed by atoms with Gasteiger partial charge in [0.05, 0.1) is 6.42 Å². The lowest BCUT2D eigenvalue weighted by molar-refractivity contribution is -0.137. The summed E-state index contributed by atoms with van der Waals surface area (Å²) < 4.78 is 10.8. The van der Waals surface area contributed by atoms with Gasteiger partial charge in [0.25, 0.3) is 0 Å². The number of benzene rings is 1. The van der Waals surface area contributed by atoms with E-state index in [0.717, 1.165) is 61.5 Å². The third kappa shape index (κ3) is 5.08. The lowest BCUT2D eigenvalue weighted by atomic mass is 9.92. The van der Waals surface area contributed by atoms with Crippen LogP contribution in [0, 0.1) is 0 Å². The smallest absolute Gasteiger partial charge is 0.303 e. The molecule has 0 aliphatic carbocycles. The first-order valence-electron chi connectivity index (χ1n) is 11.4. The average molecular weight is 450 g/mol. The largest absolute Gasteiger partial charge is 0.481 e. The van der Waals surface area contributed by atoms with E-state index in [9.17, 15) is 9.90 Å². The molecule has 0 bridgehead atoms. The number of pyridine rings is 1. The number of hydrogen-bond donors (Lipinski definition) is 3. The number of ether oxygens (including phenoxy) is 2. The van der Waals surface area contributed by atoms with E-state index in [2.05, 4.69) is 32.6 Å². The van der Waals surface area contributed by atoms with Crippen molar-refractivity contribution in [3.8, 4) is 11.5 Å². The van der Waals surface area contributed by atoms with Crippen LogP contribution in [0.5, 0.6) is 11.5 Å². The molecule has 1 unspecified atom stereocenters. The van der Waals surface area contributed by atoms with E-state index in [1.54, 1.807) is 0 Å². The Morgan fingerprint density at radius 2 is 2.03 bits per heavy atom. The van der Waals surface area contributed by atoms with Crippen LogP contribution in [0.25, 0.3) is 0 Å². The summed E-state index contributed by atoms with van der Waals surface area (Å²) in [6, 6.07) is 9.85. The molecule has 3 N–H and O–H groups in total. The Kier molecular flexibility index (Phi) is 6.10. The zero-order valence-electron chi connectivity index (χ0n) is 18.3. The summed E-state index contributed by atoms with van der Waals surface area (Å²) in [7, 11) is 0. The van der Waals surface area contributed by atoms with E-state index >= 15 is 0 Å². The number of carboxylic acids is 1. The SMILES string of the molecule is O=C(O)CC(Cc1nc(CCCc2ccc3c(n2)NCCC3)n[nH]1)c1ccc2c(c1)OCO2. The number of fused-ring (bicyclic) bond motifs is 2. The maximum Gasteiger partial charge on any atom is 0.303 e. The number of aryl methyl sites for hydroxylation is 3. The van der Waals surface area contributed by atoms with Crippen molar-refractivity contribution >= 4 is 11.8 Å². The number of aromatic amines is 1. The quantitative estimate of drug-likeness (QED) is 0.455. The number of rotatable bonds is 9. The summed E-state index contributed by atoms with van der Waals surface area (Å²) >= 11 is 0. The van der Waals surface area contributed by atoms with Gasteiger partial charge < -0.3 is 19.9 Å². The number of anilines is 1. The third-order valence-electron chi connectivity index (χ3n) is 6.09. The van der Waals surface area contributed by atoms with E-state index in [4.69, 9.17) is 14.5 Å². The molecule has 33 heavy (non-hydrogen) atoms. The molecule has 1 aromatic carbocycles. The number of aliphatic carboxylic acids is 1. The van der Waals surface area contributed by atoms with Gasteiger partial charge in [-0.2, -0.15) is 5.10 Å². The van der Waals surface area contributed by atoms with Gasteiger partial charge in [-0.3, -0.25) is 9.89 Å². The van der Waals surface area contributed by atoms with E-state index < -0.39 is 5.97 Å². The molecule has 172 valence electrons. The van der Waals surface area contributed by atoms with Gasteiger partial charge in [-0.15, -0.1) is 0 Å². The van der Waals surface area contributed by atoms with Crippen LogP contribution in [0.2, 0.25) is 0 Å². The highest BCUT2D eigenvalue weighted by molar-refractivity contribution is 5.68. The monoisotopic (exact) mass is 449 g/mol. The van der Waals surface area contributed by atoms with Crippen molar-refractivity contribution in [1.82, 2.24) is 20.2 Å². The van der Waals surface area contributed by atoms with Crippen molar-refractivity contribution in [3.63, 3.8) is 0 Å². The molecule has 0 radical (unpaired) electrons. The van der Waals surface area contributed by atoms with Crippen LogP contribution in [0.4, 0.5) is 5.82 Å². The van der Waals surface area contributed by atoms with E-state index in [1.807, 2.05) is 18.2 Å². The fraction of sp³-hybridized carbons (Fsp3) is 0.417. The second-order valence-electron chi connectivity index (χ2n) is 8.50. The molecule has 1 atom stereocenters. The van der Waals surface area contributed by atoms with Gasteiger partial charge in [-0.1, -0.05) is 12.1 Å². The van der Waals surface area contributed by atoms with Crippen molar-refractivity contribution in [3.05, 3.63) is 58.8 Å². The number of nitrogens with zero attached hydrogens (tertiary/aromatic N) is 3. The second-order valence-corrected chi connectivity index (χ2v) is 8.50. The third-order valence-corrected chi connectivity index (χ3v) is 6.09. The molecule has 9 nitrogen and oxygen atoms in total. The Hall–Kier alpha value is -3.62. The highest BCUT2D eigenvalue weighted by atomic mass is 16.7. The molecule has 5 rings (SSSR count). The topological polar surface area (TPSA) is 122 Å². The second kappa shape index (κ2) is 9.48. The molecule has 0 saturated carbocycles. The van der Waals surface area contributed by atoms with Gasteiger partial charge in [-0.05, 0) is 55.0 Å². The maximum atomic E-state index is 11.5. The maximum absolute atomic E-state index is 11.5. The van der Waals surface area contributed by atoms with E-state index in [1.165, 1.54) is 5.56 Å². The summed E-state index contributed by atoms with van der Waals surface area (Å²) in [5.74, 6) is 2.67. The molecule has 0 saturated heterocycles. The van der Waals surface area contributed by atoms with Gasteiger partial charge in [0, 0.05) is 31.0 Å². The fourth-order valence-corrected chi connectivity index (χ4v) is 4.39. The van der Waals surface area contributed by atoms with Crippen molar-refractivity contribution in [2.24, 2.45) is 0 Å². The number of H-pyrrole nitrogens is 1. The van der Waals surface area contributed by atoms with Crippen LogP contribution in [0.3, 0.4) is 0 Å². The average Bonchev–Trinajstić information content (AvgIpc) is 3.47. The number of nitrogens with one attached hydrogen (secondary N) is 2. The summed E-state index contributed by atoms with van der Waals surface area (Å²) in [6.07, 6.45) is 5.18. The van der Waals surface area contributed by atoms with Gasteiger partial charge in [0.1, 0.15) is 11.6 Å². The first-order valence-corrected chi connectivity index (χ1v) is 11.4. The van der Waals surface area contributed by atoms with Crippen molar-refractivity contribution in [2.75, 3.05) is 18.7 Å². The van der Waals surface area contributed by atoms with Crippen molar-refractivity contribution in [1.29, 1.82) is 0 Å². The van der Waals surface area contributed by atoms with Gasteiger partial charge >= 0.3 is 5.97 Å². The predicted octanol–water partition coefficient (Wildman–Crippen LogP) is 3.26. The lowest BCUT2D eigenvalue weighted by Crippen LogP contribution is -2.14. The zero-order chi connectivity index (χ0) is 22.6. The van der Waals surface area contributed by atoms with Gasteiger partial charge in [-0.25, -0.2) is 9.97 Å². The van der Waals surface area contributed by atoms with E-state index in [-0.39, 0.29) is 19.1 Å². The van der Waals surface area contributed by atoms with Crippen LogP contribution in [0.15, 0.2) is 30.3 Å². The van der Waals surface area contributed by atoms with Crippen LogP contribution >= 0.6 is 0 Å². The summed E-state index contributed by atoms with van der Waals surface area (Å²) in [5, 5.41) is 20.1. The van der Waals surface area contributed by atoms with Crippen LogP contribution in [-0.2, 0) is 30.5 Å². The highest BCUT2D eigenvalue weighted by Crippen LogP contribution is 2.36. The molecule has 0 spiro atoms. The Balaban J connectivity index is 1.19. The predicted molar refractivity (Wildman–Crippen MR) is 121 cm³/mol. The zero-order valence-corrected chi connectivity index (χ0v) is 18.3. The van der Waals surface area contributed by atoms with Gasteiger partial charge in [0.2, 0.25) is 6.79 Å². The molecule has 4 heterocycles. The Morgan fingerprint density at radius 1 is 1.12 bits per heavy atom. The Bertz CT molecular complexity index is 1150. The number of carboxylic acid groups (broad SMARTS) is 1. The Morgan fingerprint density at radius 3 is 2.94 bits per heavy atom. The Labute approximate surface area is 191 Å². The van der Waals surface area contributed by atoms with Crippen LogP contribution in [0.1, 0.15) is 53.7 Å². The van der Waals surface area contributed by atoms with Crippen LogP contribution < -0.4 is 14.8 Å². The lowest BCUT2D eigenvalue weighted by Gasteiger charge is -2.17.